The minimum Gasteiger partial charge on any atom is -0.444 e. The molecule has 1 heterocycles. The van der Waals surface area contributed by atoms with E-state index in [0.717, 1.165) is 6.54 Å². The lowest BCUT2D eigenvalue weighted by molar-refractivity contribution is 0.0269. The summed E-state index contributed by atoms with van der Waals surface area (Å²) in [4.78, 5) is 15.5. The summed E-state index contributed by atoms with van der Waals surface area (Å²) in [5.74, 6) is 0. The topological polar surface area (TPSA) is 73.2 Å². The molecule has 0 aromatic carbocycles. The van der Waals surface area contributed by atoms with Crippen molar-refractivity contribution in [1.82, 2.24) is 9.80 Å². The fraction of sp³-hybridized carbons (Fsp3) is 0.923. The van der Waals surface area contributed by atoms with Crippen molar-refractivity contribution in [2.24, 2.45) is 0 Å². The molecule has 1 saturated heterocycles. The zero-order valence-electron chi connectivity index (χ0n) is 12.3. The van der Waals surface area contributed by atoms with Crippen LogP contribution in [0.15, 0.2) is 0 Å². The van der Waals surface area contributed by atoms with E-state index in [-0.39, 0.29) is 19.2 Å². The Morgan fingerprint density at radius 3 is 2.53 bits per heavy atom. The number of aliphatic hydroxyl groups is 2. The molecule has 0 unspecified atom stereocenters. The summed E-state index contributed by atoms with van der Waals surface area (Å²) in [7, 11) is 0. The van der Waals surface area contributed by atoms with Gasteiger partial charge in [0.25, 0.3) is 0 Å². The Morgan fingerprint density at radius 1 is 1.42 bits per heavy atom. The predicted octanol–water partition coefficient (Wildman–Crippen LogP) is 0.281. The number of likely N-dealkylation sites (N-methyl/N-ethyl adjacent to an activating group) is 1. The predicted molar refractivity (Wildman–Crippen MR) is 71.9 cm³/mol. The smallest absolute Gasteiger partial charge is 0.410 e. The van der Waals surface area contributed by atoms with Crippen molar-refractivity contribution in [3.05, 3.63) is 0 Å². The normalized spacial score (nSPS) is 24.1. The highest BCUT2D eigenvalue weighted by Gasteiger charge is 2.38. The molecule has 0 radical (unpaired) electrons. The molecule has 1 aliphatic heterocycles. The number of amides is 1. The van der Waals surface area contributed by atoms with E-state index in [1.807, 2.05) is 32.6 Å². The Kier molecular flexibility index (Phi) is 5.58. The molecule has 0 saturated carbocycles. The van der Waals surface area contributed by atoms with Crippen LogP contribution in [0.1, 0.15) is 27.7 Å². The molecule has 1 fully saturated rings. The summed E-state index contributed by atoms with van der Waals surface area (Å²) in [6, 6.07) is -0.135. The van der Waals surface area contributed by atoms with Gasteiger partial charge in [0, 0.05) is 13.1 Å². The number of carbonyl (C=O) groups excluding carboxylic acids is 1. The number of hydrogen-bond acceptors (Lipinski definition) is 5. The fourth-order valence-electron chi connectivity index (χ4n) is 2.29. The molecule has 1 aliphatic rings. The molecule has 0 aromatic rings. The van der Waals surface area contributed by atoms with Crippen molar-refractivity contribution in [2.75, 3.05) is 32.8 Å². The van der Waals surface area contributed by atoms with Gasteiger partial charge in [0.2, 0.25) is 0 Å². The monoisotopic (exact) mass is 274 g/mol. The lowest BCUT2D eigenvalue weighted by Gasteiger charge is -2.28. The van der Waals surface area contributed by atoms with Crippen molar-refractivity contribution < 1.29 is 19.7 Å². The van der Waals surface area contributed by atoms with Crippen LogP contribution in [0.5, 0.6) is 0 Å². The van der Waals surface area contributed by atoms with E-state index < -0.39 is 17.8 Å². The molecule has 6 nitrogen and oxygen atoms in total. The zero-order valence-corrected chi connectivity index (χ0v) is 12.3. The van der Waals surface area contributed by atoms with E-state index in [1.54, 1.807) is 0 Å². The van der Waals surface area contributed by atoms with Gasteiger partial charge in [-0.05, 0) is 27.3 Å². The Balaban J connectivity index is 2.61. The summed E-state index contributed by atoms with van der Waals surface area (Å²) in [6.45, 7) is 9.41. The first kappa shape index (κ1) is 16.2. The average molecular weight is 274 g/mol. The van der Waals surface area contributed by atoms with Gasteiger partial charge in [0.05, 0.1) is 25.3 Å². The van der Waals surface area contributed by atoms with Gasteiger partial charge < -0.3 is 19.8 Å². The van der Waals surface area contributed by atoms with Crippen molar-refractivity contribution in [1.29, 1.82) is 0 Å². The van der Waals surface area contributed by atoms with E-state index >= 15 is 0 Å². The largest absolute Gasteiger partial charge is 0.444 e. The van der Waals surface area contributed by atoms with Crippen LogP contribution < -0.4 is 0 Å². The maximum Gasteiger partial charge on any atom is 0.410 e. The summed E-state index contributed by atoms with van der Waals surface area (Å²) in [6.07, 6.45) is -0.992. The summed E-state index contributed by atoms with van der Waals surface area (Å²) in [5.41, 5.74) is -0.532. The zero-order chi connectivity index (χ0) is 14.6. The molecule has 0 aromatic heterocycles. The number of aliphatic hydroxyl groups excluding tert-OH is 2. The molecule has 6 heteroatoms. The van der Waals surface area contributed by atoms with Crippen LogP contribution in [-0.2, 0) is 4.74 Å². The molecule has 0 bridgehead atoms. The molecule has 0 spiro atoms. The molecular weight excluding hydrogens is 248 g/mol. The highest BCUT2D eigenvalue weighted by Crippen LogP contribution is 2.19. The van der Waals surface area contributed by atoms with Gasteiger partial charge in [-0.15, -0.1) is 0 Å². The Hall–Kier alpha value is -0.850. The quantitative estimate of drug-likeness (QED) is 0.770. The SMILES string of the molecule is CCN(CCO)[C@@H]1CN(C(=O)OC(C)(C)C)C[C@H]1O. The molecular formula is C13H26N2O4. The highest BCUT2D eigenvalue weighted by molar-refractivity contribution is 5.68. The van der Waals surface area contributed by atoms with Crippen LogP contribution in [0.25, 0.3) is 0 Å². The van der Waals surface area contributed by atoms with Gasteiger partial charge in [-0.2, -0.15) is 0 Å². The van der Waals surface area contributed by atoms with Gasteiger partial charge >= 0.3 is 6.09 Å². The van der Waals surface area contributed by atoms with Crippen molar-refractivity contribution in [2.45, 2.75) is 45.4 Å². The second-order valence-electron chi connectivity index (χ2n) is 5.87. The van der Waals surface area contributed by atoms with Crippen LogP contribution in [-0.4, -0.2) is 76.6 Å². The van der Waals surface area contributed by atoms with Crippen molar-refractivity contribution in [3.63, 3.8) is 0 Å². The molecule has 1 rings (SSSR count). The number of likely N-dealkylation sites (tertiary alicyclic amines) is 1. The highest BCUT2D eigenvalue weighted by atomic mass is 16.6. The summed E-state index contributed by atoms with van der Waals surface area (Å²) in [5, 5.41) is 19.1. The maximum atomic E-state index is 11.9. The average Bonchev–Trinajstić information content (AvgIpc) is 2.66. The lowest BCUT2D eigenvalue weighted by Crippen LogP contribution is -2.44. The molecule has 112 valence electrons. The van der Waals surface area contributed by atoms with Gasteiger partial charge in [-0.3, -0.25) is 4.90 Å². The first-order chi connectivity index (χ1) is 8.78. The lowest BCUT2D eigenvalue weighted by atomic mass is 10.2. The molecule has 2 atom stereocenters. The summed E-state index contributed by atoms with van der Waals surface area (Å²) >= 11 is 0. The third-order valence-corrected chi connectivity index (χ3v) is 3.17. The maximum absolute atomic E-state index is 11.9. The number of carbonyl (C=O) groups is 1. The van der Waals surface area contributed by atoms with Crippen molar-refractivity contribution >= 4 is 6.09 Å². The van der Waals surface area contributed by atoms with E-state index in [9.17, 15) is 9.90 Å². The second kappa shape index (κ2) is 6.54. The number of nitrogens with zero attached hydrogens (tertiary/aromatic N) is 2. The van der Waals surface area contributed by atoms with Gasteiger partial charge in [-0.1, -0.05) is 6.92 Å². The van der Waals surface area contributed by atoms with E-state index in [2.05, 4.69) is 0 Å². The van der Waals surface area contributed by atoms with Crippen LogP contribution in [0, 0.1) is 0 Å². The third kappa shape index (κ3) is 4.63. The minimum atomic E-state index is -0.598. The Morgan fingerprint density at radius 2 is 2.05 bits per heavy atom. The van der Waals surface area contributed by atoms with Crippen molar-refractivity contribution in [3.8, 4) is 0 Å². The van der Waals surface area contributed by atoms with E-state index in [0.29, 0.717) is 13.1 Å². The number of hydrogen-bond donors (Lipinski definition) is 2. The molecule has 2 N–H and O–H groups in total. The fourth-order valence-corrected chi connectivity index (χ4v) is 2.29. The molecule has 1 amide bonds. The number of ether oxygens (including phenoxy) is 1. The Bertz CT molecular complexity index is 304. The van der Waals surface area contributed by atoms with Gasteiger partial charge in [-0.25, -0.2) is 4.79 Å². The molecule has 0 aliphatic carbocycles. The first-order valence-corrected chi connectivity index (χ1v) is 6.79. The van der Waals surface area contributed by atoms with Crippen LogP contribution in [0.3, 0.4) is 0 Å². The third-order valence-electron chi connectivity index (χ3n) is 3.17. The van der Waals surface area contributed by atoms with Crippen LogP contribution >= 0.6 is 0 Å². The number of rotatable bonds is 4. The van der Waals surface area contributed by atoms with Gasteiger partial charge in [0.1, 0.15) is 5.60 Å². The van der Waals surface area contributed by atoms with E-state index in [4.69, 9.17) is 9.84 Å². The number of β-amino-alcohol motifs (C(OH)–C–C–N with tert-alkyl or cyclic N) is 1. The van der Waals surface area contributed by atoms with Crippen LogP contribution in [0.4, 0.5) is 4.79 Å². The summed E-state index contributed by atoms with van der Waals surface area (Å²) < 4.78 is 5.30. The van der Waals surface area contributed by atoms with E-state index in [1.165, 1.54) is 4.90 Å². The first-order valence-electron chi connectivity index (χ1n) is 6.79. The Labute approximate surface area is 114 Å². The standard InChI is InChI=1S/C13H26N2O4/c1-5-14(6-7-16)10-8-15(9-11(10)17)12(18)19-13(2,3)4/h10-11,16-17H,5-9H2,1-4H3/t10-,11-/m1/s1. The van der Waals surface area contributed by atoms with Crippen LogP contribution in [0.2, 0.25) is 0 Å². The minimum absolute atomic E-state index is 0.0451. The second-order valence-corrected chi connectivity index (χ2v) is 5.87. The van der Waals surface area contributed by atoms with Gasteiger partial charge in [0.15, 0.2) is 0 Å². The molecule has 19 heavy (non-hydrogen) atoms.